The quantitative estimate of drug-likeness (QED) is 0.703. The highest BCUT2D eigenvalue weighted by molar-refractivity contribution is 7.17. The molecule has 0 amide bonds. The highest BCUT2D eigenvalue weighted by Crippen LogP contribution is 2.17. The molecule has 0 radical (unpaired) electrons. The minimum Gasteiger partial charge on any atom is -0.391 e. The topological polar surface area (TPSA) is 61.3 Å². The monoisotopic (exact) mass is 179 g/mol. The van der Waals surface area contributed by atoms with Crippen molar-refractivity contribution < 1.29 is 5.11 Å². The molecule has 1 N–H and O–H groups in total. The largest absolute Gasteiger partial charge is 0.391 e. The van der Waals surface area contributed by atoms with Gasteiger partial charge in [0, 0.05) is 6.20 Å². The molecular formula is C7H5N3OS. The fourth-order valence-corrected chi connectivity index (χ4v) is 1.80. The van der Waals surface area contributed by atoms with Crippen molar-refractivity contribution in [2.75, 3.05) is 0 Å². The van der Waals surface area contributed by atoms with E-state index in [0.29, 0.717) is 5.69 Å². The van der Waals surface area contributed by atoms with Gasteiger partial charge in [-0.2, -0.15) is 5.26 Å². The van der Waals surface area contributed by atoms with Gasteiger partial charge in [-0.25, -0.2) is 4.98 Å². The zero-order valence-corrected chi connectivity index (χ0v) is 6.88. The van der Waals surface area contributed by atoms with Gasteiger partial charge in [-0.15, -0.1) is 0 Å². The Balaban J connectivity index is 2.70. The van der Waals surface area contributed by atoms with Crippen LogP contribution >= 0.6 is 11.3 Å². The number of fused-ring (bicyclic) bond motifs is 1. The Morgan fingerprint density at radius 3 is 3.25 bits per heavy atom. The number of aromatic nitrogens is 2. The van der Waals surface area contributed by atoms with Gasteiger partial charge >= 0.3 is 0 Å². The van der Waals surface area contributed by atoms with Gasteiger partial charge in [0.25, 0.3) is 0 Å². The zero-order valence-electron chi connectivity index (χ0n) is 6.06. The van der Waals surface area contributed by atoms with Crippen LogP contribution in [0.3, 0.4) is 0 Å². The molecule has 0 bridgehead atoms. The lowest BCUT2D eigenvalue weighted by molar-refractivity contribution is 0.285. The molecule has 12 heavy (non-hydrogen) atoms. The molecule has 0 spiro atoms. The summed E-state index contributed by atoms with van der Waals surface area (Å²) in [6.45, 7) is -0.00110. The lowest BCUT2D eigenvalue weighted by Crippen LogP contribution is -1.81. The summed E-state index contributed by atoms with van der Waals surface area (Å²) in [6.07, 6.45) is 3.25. The first-order chi connectivity index (χ1) is 5.85. The van der Waals surface area contributed by atoms with E-state index in [4.69, 9.17) is 10.4 Å². The summed E-state index contributed by atoms with van der Waals surface area (Å²) in [7, 11) is 0. The molecule has 5 heteroatoms. The molecule has 2 aromatic heterocycles. The molecule has 4 nitrogen and oxygen atoms in total. The van der Waals surface area contributed by atoms with E-state index >= 15 is 0 Å². The first-order valence-corrected chi connectivity index (χ1v) is 4.13. The van der Waals surface area contributed by atoms with Crippen LogP contribution in [-0.2, 0) is 6.61 Å². The van der Waals surface area contributed by atoms with Crippen LogP contribution in [0.5, 0.6) is 0 Å². The minimum atomic E-state index is -0.00110. The Morgan fingerprint density at radius 1 is 1.75 bits per heavy atom. The van der Waals surface area contributed by atoms with E-state index in [0.717, 1.165) is 9.84 Å². The number of rotatable bonds is 1. The van der Waals surface area contributed by atoms with Crippen LogP contribution in [0.1, 0.15) is 10.6 Å². The van der Waals surface area contributed by atoms with E-state index in [2.05, 4.69) is 4.98 Å². The SMILES string of the molecule is N#Cc1cnc2sc(CO)cn12. The van der Waals surface area contributed by atoms with Gasteiger partial charge in [-0.1, -0.05) is 11.3 Å². The molecule has 2 rings (SSSR count). The average molecular weight is 179 g/mol. The molecule has 2 aromatic rings. The summed E-state index contributed by atoms with van der Waals surface area (Å²) < 4.78 is 1.68. The molecule has 0 aliphatic heterocycles. The van der Waals surface area contributed by atoms with Crippen molar-refractivity contribution in [1.29, 1.82) is 5.26 Å². The van der Waals surface area contributed by atoms with Crippen LogP contribution in [0.25, 0.3) is 4.96 Å². The molecule has 60 valence electrons. The lowest BCUT2D eigenvalue weighted by atomic mass is 10.5. The highest BCUT2D eigenvalue weighted by Gasteiger charge is 2.05. The van der Waals surface area contributed by atoms with Crippen molar-refractivity contribution in [2.45, 2.75) is 6.61 Å². The molecular weight excluding hydrogens is 174 g/mol. The van der Waals surface area contributed by atoms with Gasteiger partial charge in [-0.05, 0) is 0 Å². The number of nitrogens with zero attached hydrogens (tertiary/aromatic N) is 3. The third-order valence-corrected chi connectivity index (χ3v) is 2.51. The Morgan fingerprint density at radius 2 is 2.58 bits per heavy atom. The lowest BCUT2D eigenvalue weighted by Gasteiger charge is -1.82. The highest BCUT2D eigenvalue weighted by atomic mass is 32.1. The van der Waals surface area contributed by atoms with Gasteiger partial charge < -0.3 is 5.11 Å². The zero-order chi connectivity index (χ0) is 8.55. The van der Waals surface area contributed by atoms with Crippen molar-refractivity contribution in [1.82, 2.24) is 9.38 Å². The third kappa shape index (κ3) is 0.897. The van der Waals surface area contributed by atoms with E-state index in [-0.39, 0.29) is 6.61 Å². The average Bonchev–Trinajstić information content (AvgIpc) is 2.61. The maximum absolute atomic E-state index is 8.81. The van der Waals surface area contributed by atoms with Crippen LogP contribution in [0, 0.1) is 11.3 Å². The van der Waals surface area contributed by atoms with Gasteiger partial charge in [0.1, 0.15) is 11.8 Å². The van der Waals surface area contributed by atoms with E-state index in [1.54, 1.807) is 10.6 Å². The molecule has 0 atom stereocenters. The van der Waals surface area contributed by atoms with Crippen LogP contribution in [-0.4, -0.2) is 14.5 Å². The first-order valence-electron chi connectivity index (χ1n) is 3.32. The van der Waals surface area contributed by atoms with Crippen LogP contribution in [0.15, 0.2) is 12.4 Å². The van der Waals surface area contributed by atoms with Gasteiger partial charge in [0.05, 0.1) is 17.7 Å². The second-order valence-corrected chi connectivity index (χ2v) is 3.36. The predicted octanol–water partition coefficient (Wildman–Crippen LogP) is 0.760. The summed E-state index contributed by atoms with van der Waals surface area (Å²) in [5, 5.41) is 17.4. The van der Waals surface area contributed by atoms with Crippen LogP contribution < -0.4 is 0 Å². The molecule has 2 heterocycles. The molecule has 0 unspecified atom stereocenters. The molecule has 0 aromatic carbocycles. The Kier molecular flexibility index (Phi) is 1.57. The standard InChI is InChI=1S/C7H5N3OS/c8-1-5-2-9-7-10(5)3-6(4-11)12-7/h2-3,11H,4H2. The van der Waals surface area contributed by atoms with Crippen molar-refractivity contribution >= 4 is 16.3 Å². The summed E-state index contributed by atoms with van der Waals surface area (Å²) >= 11 is 1.38. The van der Waals surface area contributed by atoms with Gasteiger partial charge in [0.2, 0.25) is 0 Å². The number of hydrogen-bond donors (Lipinski definition) is 1. The Labute approximate surface area is 72.3 Å². The number of hydrogen-bond acceptors (Lipinski definition) is 4. The number of imidazole rings is 1. The van der Waals surface area contributed by atoms with Gasteiger partial charge in [-0.3, -0.25) is 4.40 Å². The van der Waals surface area contributed by atoms with E-state index in [9.17, 15) is 0 Å². The van der Waals surface area contributed by atoms with Crippen molar-refractivity contribution in [3.05, 3.63) is 23.0 Å². The Hall–Kier alpha value is -1.38. The second kappa shape index (κ2) is 2.59. The molecule has 0 saturated heterocycles. The molecule has 0 saturated carbocycles. The molecule has 0 fully saturated rings. The summed E-state index contributed by atoms with van der Waals surface area (Å²) in [5.74, 6) is 0. The first kappa shape index (κ1) is 7.28. The summed E-state index contributed by atoms with van der Waals surface area (Å²) in [4.78, 5) is 5.57. The minimum absolute atomic E-state index is 0.00110. The molecule has 0 aliphatic rings. The maximum atomic E-state index is 8.81. The smallest absolute Gasteiger partial charge is 0.195 e. The van der Waals surface area contributed by atoms with Crippen molar-refractivity contribution in [3.63, 3.8) is 0 Å². The fourth-order valence-electron chi connectivity index (χ4n) is 0.988. The van der Waals surface area contributed by atoms with E-state index in [1.165, 1.54) is 17.5 Å². The number of aliphatic hydroxyl groups excluding tert-OH is 1. The van der Waals surface area contributed by atoms with E-state index in [1.807, 2.05) is 6.07 Å². The van der Waals surface area contributed by atoms with E-state index < -0.39 is 0 Å². The van der Waals surface area contributed by atoms with Gasteiger partial charge in [0.15, 0.2) is 4.96 Å². The number of thiazole rings is 1. The summed E-state index contributed by atoms with van der Waals surface area (Å²) in [5.41, 5.74) is 0.501. The number of nitriles is 1. The third-order valence-electron chi connectivity index (χ3n) is 1.53. The van der Waals surface area contributed by atoms with Crippen molar-refractivity contribution in [2.24, 2.45) is 0 Å². The normalized spacial score (nSPS) is 10.3. The predicted molar refractivity (Wildman–Crippen MR) is 43.7 cm³/mol. The fraction of sp³-hybridized carbons (Fsp3) is 0.143. The molecule has 0 aliphatic carbocycles. The Bertz CT molecular complexity index is 451. The van der Waals surface area contributed by atoms with Crippen molar-refractivity contribution in [3.8, 4) is 6.07 Å². The number of aliphatic hydroxyl groups is 1. The maximum Gasteiger partial charge on any atom is 0.195 e. The second-order valence-electron chi connectivity index (χ2n) is 2.26. The summed E-state index contributed by atoms with van der Waals surface area (Å²) in [6, 6.07) is 2.01. The van der Waals surface area contributed by atoms with Crippen LogP contribution in [0.2, 0.25) is 0 Å². The van der Waals surface area contributed by atoms with Crippen LogP contribution in [0.4, 0.5) is 0 Å².